The zero-order valence-electron chi connectivity index (χ0n) is 11.1. The number of methoxy groups -OCH3 is 1. The minimum absolute atomic E-state index is 0.298. The minimum Gasteiger partial charge on any atom is -0.497 e. The van der Waals surface area contributed by atoms with Crippen molar-refractivity contribution in [3.63, 3.8) is 0 Å². The average Bonchev–Trinajstić information content (AvgIpc) is 2.40. The van der Waals surface area contributed by atoms with Gasteiger partial charge in [-0.25, -0.2) is 4.79 Å². The second-order valence-corrected chi connectivity index (χ2v) is 3.81. The molecule has 1 aromatic rings. The fourth-order valence-corrected chi connectivity index (χ4v) is 1.51. The second kappa shape index (κ2) is 7.71. The lowest BCUT2D eigenvalue weighted by molar-refractivity contribution is -0.157. The summed E-state index contributed by atoms with van der Waals surface area (Å²) in [6, 6.07) is 7.56. The number of ether oxygens (including phenoxy) is 3. The summed E-state index contributed by atoms with van der Waals surface area (Å²) in [5.41, 5.74) is 0.999. The molecule has 0 aliphatic carbocycles. The summed E-state index contributed by atoms with van der Waals surface area (Å²) in [4.78, 5) is 11.5. The molecule has 0 N–H and O–H groups in total. The van der Waals surface area contributed by atoms with E-state index in [0.29, 0.717) is 19.6 Å². The number of carbonyl (C=O) groups excluding carboxylic acids is 1. The zero-order valence-corrected chi connectivity index (χ0v) is 11.1. The number of rotatable bonds is 7. The Bertz CT molecular complexity index is 359. The topological polar surface area (TPSA) is 44.8 Å². The van der Waals surface area contributed by atoms with E-state index < -0.39 is 6.10 Å². The Morgan fingerprint density at radius 3 is 2.39 bits per heavy atom. The van der Waals surface area contributed by atoms with Crippen LogP contribution < -0.4 is 4.74 Å². The van der Waals surface area contributed by atoms with Gasteiger partial charge in [-0.2, -0.15) is 0 Å². The van der Waals surface area contributed by atoms with E-state index in [4.69, 9.17) is 14.2 Å². The Kier molecular flexibility index (Phi) is 6.22. The van der Waals surface area contributed by atoms with Gasteiger partial charge in [0, 0.05) is 0 Å². The summed E-state index contributed by atoms with van der Waals surface area (Å²) >= 11 is 0. The van der Waals surface area contributed by atoms with Crippen molar-refractivity contribution >= 4 is 5.97 Å². The van der Waals surface area contributed by atoms with E-state index >= 15 is 0 Å². The number of hydrogen-bond acceptors (Lipinski definition) is 4. The summed E-state index contributed by atoms with van der Waals surface area (Å²) in [7, 11) is 1.62. The second-order valence-electron chi connectivity index (χ2n) is 3.81. The first-order valence-corrected chi connectivity index (χ1v) is 6.12. The van der Waals surface area contributed by atoms with Crippen LogP contribution in [0.3, 0.4) is 0 Å². The van der Waals surface area contributed by atoms with Crippen molar-refractivity contribution < 1.29 is 19.0 Å². The molecule has 0 bridgehead atoms. The zero-order chi connectivity index (χ0) is 13.4. The first-order valence-electron chi connectivity index (χ1n) is 6.12. The summed E-state index contributed by atoms with van der Waals surface area (Å²) in [6.07, 6.45) is 0.113. The van der Waals surface area contributed by atoms with Crippen LogP contribution in [-0.4, -0.2) is 25.8 Å². The van der Waals surface area contributed by atoms with Gasteiger partial charge >= 0.3 is 5.97 Å². The molecule has 0 amide bonds. The number of esters is 1. The van der Waals surface area contributed by atoms with Gasteiger partial charge in [-0.15, -0.1) is 0 Å². The number of benzene rings is 1. The molecule has 1 atom stereocenters. The highest BCUT2D eigenvalue weighted by atomic mass is 16.6. The molecule has 4 heteroatoms. The fourth-order valence-electron chi connectivity index (χ4n) is 1.51. The molecule has 0 aliphatic rings. The standard InChI is InChI=1S/C14H20O4/c1-4-13(14(15)17-5-2)18-10-11-6-8-12(16-3)9-7-11/h6-9,13H,4-5,10H2,1-3H3. The van der Waals surface area contributed by atoms with Crippen LogP contribution >= 0.6 is 0 Å². The van der Waals surface area contributed by atoms with E-state index in [1.54, 1.807) is 14.0 Å². The van der Waals surface area contributed by atoms with Gasteiger partial charge < -0.3 is 14.2 Å². The van der Waals surface area contributed by atoms with Crippen molar-refractivity contribution in [2.75, 3.05) is 13.7 Å². The molecule has 18 heavy (non-hydrogen) atoms. The minimum atomic E-state index is -0.493. The Hall–Kier alpha value is -1.55. The Morgan fingerprint density at radius 2 is 1.89 bits per heavy atom. The molecule has 0 fully saturated rings. The van der Waals surface area contributed by atoms with Crippen LogP contribution in [0.5, 0.6) is 5.75 Å². The van der Waals surface area contributed by atoms with Crippen molar-refractivity contribution in [3.05, 3.63) is 29.8 Å². The molecule has 0 aromatic heterocycles. The van der Waals surface area contributed by atoms with E-state index in [1.807, 2.05) is 31.2 Å². The first kappa shape index (κ1) is 14.5. The van der Waals surface area contributed by atoms with Crippen LogP contribution in [0.2, 0.25) is 0 Å². The smallest absolute Gasteiger partial charge is 0.335 e. The van der Waals surface area contributed by atoms with E-state index in [1.165, 1.54) is 0 Å². The lowest BCUT2D eigenvalue weighted by Gasteiger charge is -2.14. The highest BCUT2D eigenvalue weighted by molar-refractivity contribution is 5.74. The van der Waals surface area contributed by atoms with Crippen LogP contribution in [0.25, 0.3) is 0 Å². The maximum atomic E-state index is 11.5. The summed E-state index contributed by atoms with van der Waals surface area (Å²) < 4.78 is 15.6. The largest absolute Gasteiger partial charge is 0.497 e. The molecule has 0 saturated carbocycles. The number of hydrogen-bond donors (Lipinski definition) is 0. The summed E-state index contributed by atoms with van der Waals surface area (Å²) in [5, 5.41) is 0. The highest BCUT2D eigenvalue weighted by Crippen LogP contribution is 2.13. The molecule has 0 heterocycles. The summed E-state index contributed by atoms with van der Waals surface area (Å²) in [5.74, 6) is 0.504. The monoisotopic (exact) mass is 252 g/mol. The SMILES string of the molecule is CCOC(=O)C(CC)OCc1ccc(OC)cc1. The molecule has 1 aromatic carbocycles. The van der Waals surface area contributed by atoms with Gasteiger partial charge in [0.2, 0.25) is 0 Å². The predicted molar refractivity (Wildman–Crippen MR) is 68.5 cm³/mol. The third-order valence-corrected chi connectivity index (χ3v) is 2.53. The molecule has 0 aliphatic heterocycles. The van der Waals surface area contributed by atoms with Crippen LogP contribution in [0.1, 0.15) is 25.8 Å². The highest BCUT2D eigenvalue weighted by Gasteiger charge is 2.17. The molecule has 100 valence electrons. The Balaban J connectivity index is 2.48. The quantitative estimate of drug-likeness (QED) is 0.700. The van der Waals surface area contributed by atoms with Crippen LogP contribution in [0.15, 0.2) is 24.3 Å². The normalized spacial score (nSPS) is 11.9. The van der Waals surface area contributed by atoms with Crippen molar-refractivity contribution in [3.8, 4) is 5.75 Å². The fraction of sp³-hybridized carbons (Fsp3) is 0.500. The van der Waals surface area contributed by atoms with E-state index in [-0.39, 0.29) is 5.97 Å². The Morgan fingerprint density at radius 1 is 1.22 bits per heavy atom. The maximum Gasteiger partial charge on any atom is 0.335 e. The van der Waals surface area contributed by atoms with Crippen molar-refractivity contribution in [2.45, 2.75) is 33.0 Å². The average molecular weight is 252 g/mol. The van der Waals surface area contributed by atoms with E-state index in [0.717, 1.165) is 11.3 Å². The lowest BCUT2D eigenvalue weighted by Crippen LogP contribution is -2.25. The van der Waals surface area contributed by atoms with Crippen molar-refractivity contribution in [1.82, 2.24) is 0 Å². The molecule has 0 saturated heterocycles. The van der Waals surface area contributed by atoms with Crippen LogP contribution in [0.4, 0.5) is 0 Å². The van der Waals surface area contributed by atoms with Gasteiger partial charge in [0.15, 0.2) is 6.10 Å². The maximum absolute atomic E-state index is 11.5. The van der Waals surface area contributed by atoms with E-state index in [2.05, 4.69) is 0 Å². The van der Waals surface area contributed by atoms with Crippen molar-refractivity contribution in [2.24, 2.45) is 0 Å². The predicted octanol–water partition coefficient (Wildman–Crippen LogP) is 2.55. The van der Waals surface area contributed by atoms with Gasteiger partial charge in [0.1, 0.15) is 5.75 Å². The molecular weight excluding hydrogens is 232 g/mol. The van der Waals surface area contributed by atoms with Crippen molar-refractivity contribution in [1.29, 1.82) is 0 Å². The van der Waals surface area contributed by atoms with Gasteiger partial charge in [0.05, 0.1) is 20.3 Å². The molecular formula is C14H20O4. The number of carbonyl (C=O) groups is 1. The van der Waals surface area contributed by atoms with Crippen LogP contribution in [0, 0.1) is 0 Å². The third-order valence-electron chi connectivity index (χ3n) is 2.53. The molecule has 1 unspecified atom stereocenters. The summed E-state index contributed by atoms with van der Waals surface area (Å²) in [6.45, 7) is 4.45. The van der Waals surface area contributed by atoms with Gasteiger partial charge in [-0.05, 0) is 31.0 Å². The lowest BCUT2D eigenvalue weighted by atomic mass is 10.2. The van der Waals surface area contributed by atoms with Gasteiger partial charge in [-0.1, -0.05) is 19.1 Å². The first-order chi connectivity index (χ1) is 8.71. The molecule has 0 spiro atoms. The van der Waals surface area contributed by atoms with Gasteiger partial charge in [-0.3, -0.25) is 0 Å². The Labute approximate surface area is 108 Å². The molecule has 4 nitrogen and oxygen atoms in total. The third kappa shape index (κ3) is 4.37. The van der Waals surface area contributed by atoms with Gasteiger partial charge in [0.25, 0.3) is 0 Å². The van der Waals surface area contributed by atoms with Crippen LogP contribution in [-0.2, 0) is 20.9 Å². The van der Waals surface area contributed by atoms with E-state index in [9.17, 15) is 4.79 Å². The molecule has 0 radical (unpaired) electrons. The molecule has 1 rings (SSSR count).